The largest absolute Gasteiger partial charge is 0.383 e. The van der Waals surface area contributed by atoms with Crippen LogP contribution in [-0.4, -0.2) is 50.8 Å². The van der Waals surface area contributed by atoms with E-state index in [2.05, 4.69) is 39.1 Å². The van der Waals surface area contributed by atoms with E-state index in [1.54, 1.807) is 6.92 Å². The van der Waals surface area contributed by atoms with Gasteiger partial charge in [-0.1, -0.05) is 27.2 Å². The molecule has 3 heterocycles. The molecule has 1 aliphatic carbocycles. The van der Waals surface area contributed by atoms with Crippen LogP contribution in [0.25, 0.3) is 10.9 Å². The summed E-state index contributed by atoms with van der Waals surface area (Å²) in [6, 6.07) is 4.04. The molecule has 1 N–H and O–H groups in total. The molecule has 2 aromatic rings. The number of aryl methyl sites for hydroxylation is 1. The highest BCUT2D eigenvalue weighted by Crippen LogP contribution is 2.62. The lowest BCUT2D eigenvalue weighted by Crippen LogP contribution is -2.44. The first-order valence-corrected chi connectivity index (χ1v) is 15.6. The lowest BCUT2D eigenvalue weighted by atomic mass is 9.80. The smallest absolute Gasteiger partial charge is 0.243 e. The van der Waals surface area contributed by atoms with Gasteiger partial charge in [0.25, 0.3) is 0 Å². The molecule has 2 bridgehead atoms. The molecule has 2 aliphatic heterocycles. The van der Waals surface area contributed by atoms with Crippen molar-refractivity contribution in [2.24, 2.45) is 10.8 Å². The minimum absolute atomic E-state index is 0.0161. The van der Waals surface area contributed by atoms with E-state index in [1.807, 2.05) is 28.7 Å². The highest BCUT2D eigenvalue weighted by Gasteiger charge is 2.66. The number of hydrogen-bond acceptors (Lipinski definition) is 5. The third-order valence-electron chi connectivity index (χ3n) is 9.74. The van der Waals surface area contributed by atoms with E-state index in [-0.39, 0.29) is 46.9 Å². The summed E-state index contributed by atoms with van der Waals surface area (Å²) in [7, 11) is 0. The summed E-state index contributed by atoms with van der Waals surface area (Å²) < 4.78 is 1.96. The van der Waals surface area contributed by atoms with Crippen molar-refractivity contribution in [3.8, 4) is 0 Å². The zero-order valence-electron chi connectivity index (χ0n) is 25.8. The molecule has 0 unspecified atom stereocenters. The maximum absolute atomic E-state index is 14.1. The number of ketones is 3. The molecule has 0 spiro atoms. The minimum atomic E-state index is -0.424. The zero-order chi connectivity index (χ0) is 29.7. The number of carbonyl (C=O) groups excluding carboxylic acids is 4. The average molecular weight is 562 g/mol. The van der Waals surface area contributed by atoms with Crippen LogP contribution in [0, 0.1) is 10.8 Å². The Kier molecular flexibility index (Phi) is 7.95. The van der Waals surface area contributed by atoms with Gasteiger partial charge in [-0.05, 0) is 87.8 Å². The summed E-state index contributed by atoms with van der Waals surface area (Å²) in [5.41, 5.74) is 3.47. The second-order valence-electron chi connectivity index (χ2n) is 14.1. The molecule has 1 aromatic carbocycles. The second-order valence-corrected chi connectivity index (χ2v) is 14.1. The zero-order valence-corrected chi connectivity index (χ0v) is 25.8. The van der Waals surface area contributed by atoms with Crippen LogP contribution in [0.3, 0.4) is 0 Å². The number of nitrogens with zero attached hydrogens (tertiary/aromatic N) is 2. The third kappa shape index (κ3) is 5.87. The van der Waals surface area contributed by atoms with Crippen molar-refractivity contribution in [1.82, 2.24) is 9.47 Å². The number of Topliss-reactive ketones (excluding diaryl/α,β-unsaturated/α-hetero) is 3. The van der Waals surface area contributed by atoms with Crippen LogP contribution in [0.15, 0.2) is 18.3 Å². The van der Waals surface area contributed by atoms with Crippen LogP contribution in [0.2, 0.25) is 0 Å². The summed E-state index contributed by atoms with van der Waals surface area (Å²) in [6.45, 7) is 12.1. The Morgan fingerprint density at radius 2 is 1.83 bits per heavy atom. The lowest BCUT2D eigenvalue weighted by molar-refractivity contribution is -0.139. The van der Waals surface area contributed by atoms with Gasteiger partial charge in [0.15, 0.2) is 11.6 Å². The van der Waals surface area contributed by atoms with E-state index < -0.39 is 6.04 Å². The molecule has 5 rings (SSSR count). The molecule has 0 radical (unpaired) electrons. The van der Waals surface area contributed by atoms with E-state index >= 15 is 0 Å². The van der Waals surface area contributed by atoms with Crippen molar-refractivity contribution in [2.75, 3.05) is 5.32 Å². The van der Waals surface area contributed by atoms with Crippen LogP contribution in [-0.2, 0) is 27.3 Å². The molecular formula is C34H47N3O4. The van der Waals surface area contributed by atoms with Gasteiger partial charge in [-0.3, -0.25) is 19.2 Å². The molecule has 3 aliphatic rings. The van der Waals surface area contributed by atoms with Gasteiger partial charge < -0.3 is 14.8 Å². The van der Waals surface area contributed by atoms with Crippen LogP contribution >= 0.6 is 0 Å². The Balaban J connectivity index is 1.59. The van der Waals surface area contributed by atoms with Gasteiger partial charge in [0.05, 0.1) is 11.6 Å². The van der Waals surface area contributed by atoms with Gasteiger partial charge in [-0.15, -0.1) is 0 Å². The fourth-order valence-corrected chi connectivity index (χ4v) is 7.65. The van der Waals surface area contributed by atoms with E-state index in [0.717, 1.165) is 60.7 Å². The fourth-order valence-electron chi connectivity index (χ4n) is 7.65. The highest BCUT2D eigenvalue weighted by molar-refractivity contribution is 6.09. The van der Waals surface area contributed by atoms with Crippen molar-refractivity contribution in [2.45, 2.75) is 130 Å². The Morgan fingerprint density at radius 3 is 2.51 bits per heavy atom. The molecule has 41 heavy (non-hydrogen) atoms. The van der Waals surface area contributed by atoms with E-state index in [0.29, 0.717) is 37.0 Å². The summed E-state index contributed by atoms with van der Waals surface area (Å²) in [6.07, 6.45) is 9.34. The van der Waals surface area contributed by atoms with Gasteiger partial charge in [-0.25, -0.2) is 0 Å². The van der Waals surface area contributed by atoms with Crippen molar-refractivity contribution in [1.29, 1.82) is 0 Å². The lowest BCUT2D eigenvalue weighted by Gasteiger charge is -2.27. The Labute approximate surface area is 244 Å². The number of anilines is 1. The van der Waals surface area contributed by atoms with Gasteiger partial charge in [0.2, 0.25) is 5.91 Å². The van der Waals surface area contributed by atoms with E-state index in [1.165, 1.54) is 0 Å². The molecule has 7 heteroatoms. The predicted octanol–water partition coefficient (Wildman–Crippen LogP) is 6.49. The third-order valence-corrected chi connectivity index (χ3v) is 9.74. The Hall–Kier alpha value is -2.96. The normalized spacial score (nSPS) is 26.7. The van der Waals surface area contributed by atoms with Gasteiger partial charge in [0.1, 0.15) is 12.3 Å². The number of nitrogens with one attached hydrogen (secondary N) is 1. The highest BCUT2D eigenvalue weighted by atomic mass is 16.2. The first-order chi connectivity index (χ1) is 19.3. The second kappa shape index (κ2) is 11.0. The van der Waals surface area contributed by atoms with Crippen LogP contribution < -0.4 is 5.32 Å². The van der Waals surface area contributed by atoms with Crippen LogP contribution in [0.4, 0.5) is 5.69 Å². The van der Waals surface area contributed by atoms with Crippen LogP contribution in [0.1, 0.15) is 115 Å². The first kappa shape index (κ1) is 29.5. The molecule has 3 atom stereocenters. The Bertz CT molecular complexity index is 1390. The number of rotatable bonds is 5. The molecule has 2 fully saturated rings. The quantitative estimate of drug-likeness (QED) is 0.421. The number of carbonyl (C=O) groups is 4. The summed E-state index contributed by atoms with van der Waals surface area (Å²) in [4.78, 5) is 54.9. The van der Waals surface area contributed by atoms with Gasteiger partial charge in [-0.2, -0.15) is 0 Å². The monoisotopic (exact) mass is 561 g/mol. The maximum atomic E-state index is 14.1. The molecule has 1 aromatic heterocycles. The molecule has 7 nitrogen and oxygen atoms in total. The van der Waals surface area contributed by atoms with Gasteiger partial charge >= 0.3 is 0 Å². The standard InChI is InChI=1S/C34H47N3O4/c1-7-29(40)28-17-34-13-11-25(39)16-33(5,6)12-9-8-10-23-14-24(35-21(2)3)15-26-27(22(4)38)19-36(32(23)26)20-31(41)37(28)30(34)18-34/h14-15,19,21,28,30,35H,7-13,16-18,20H2,1-6H3/t28-,30+,34-/m0/s1. The number of benzene rings is 1. The van der Waals surface area contributed by atoms with Crippen molar-refractivity contribution < 1.29 is 19.2 Å². The summed E-state index contributed by atoms with van der Waals surface area (Å²) in [5, 5.41) is 4.38. The van der Waals surface area contributed by atoms with Crippen LogP contribution in [0.5, 0.6) is 0 Å². The molecule has 222 valence electrons. The topological polar surface area (TPSA) is 88.5 Å². The number of hydrogen-bond donors (Lipinski definition) is 1. The van der Waals surface area contributed by atoms with E-state index in [4.69, 9.17) is 0 Å². The van der Waals surface area contributed by atoms with E-state index in [9.17, 15) is 19.2 Å². The molecular weight excluding hydrogens is 514 g/mol. The SMILES string of the molecule is CCC(=O)[C@@H]1C[C@]23CCC(=O)CC(C)(C)CCCCc4cc(NC(C)C)cc5c(C(C)=O)cn(c45)CC(=O)N1[C@@H]2C3. The molecule has 1 amide bonds. The first-order valence-electron chi connectivity index (χ1n) is 15.6. The summed E-state index contributed by atoms with van der Waals surface area (Å²) in [5.74, 6) is 0.298. The average Bonchev–Trinajstić information content (AvgIpc) is 3.30. The fraction of sp³-hybridized carbons (Fsp3) is 0.647. The van der Waals surface area contributed by atoms with Crippen molar-refractivity contribution in [3.63, 3.8) is 0 Å². The molecule has 1 saturated heterocycles. The van der Waals surface area contributed by atoms with Crippen molar-refractivity contribution >= 4 is 39.8 Å². The minimum Gasteiger partial charge on any atom is -0.383 e. The predicted molar refractivity (Wildman–Crippen MR) is 162 cm³/mol. The number of amides is 1. The number of aromatic nitrogens is 1. The maximum Gasteiger partial charge on any atom is 0.243 e. The summed E-state index contributed by atoms with van der Waals surface area (Å²) >= 11 is 0. The Morgan fingerprint density at radius 1 is 1.07 bits per heavy atom. The van der Waals surface area contributed by atoms with Gasteiger partial charge in [0, 0.05) is 54.2 Å². The molecule has 1 saturated carbocycles. The number of piperidine rings is 1. The van der Waals surface area contributed by atoms with Crippen molar-refractivity contribution in [3.05, 3.63) is 29.5 Å².